The molecule has 1 aromatic heterocycles. The quantitative estimate of drug-likeness (QED) is 0.576. The number of nitrogens with zero attached hydrogens (tertiary/aromatic N) is 1. The summed E-state index contributed by atoms with van der Waals surface area (Å²) < 4.78 is 4.88. The molecule has 4 rings (SSSR count). The van der Waals surface area contributed by atoms with E-state index in [-0.39, 0.29) is 18.4 Å². The fourth-order valence-corrected chi connectivity index (χ4v) is 6.05. The summed E-state index contributed by atoms with van der Waals surface area (Å²) in [6.07, 6.45) is 6.00. The van der Waals surface area contributed by atoms with E-state index in [2.05, 4.69) is 10.6 Å². The topological polar surface area (TPSA) is 105 Å². The van der Waals surface area contributed by atoms with E-state index >= 15 is 0 Å². The molecule has 0 bridgehead atoms. The maximum atomic E-state index is 13.0. The zero-order chi connectivity index (χ0) is 20.8. The van der Waals surface area contributed by atoms with Gasteiger partial charge in [0.15, 0.2) is 0 Å². The predicted octanol–water partition coefficient (Wildman–Crippen LogP) is 2.46. The van der Waals surface area contributed by atoms with Crippen molar-refractivity contribution in [3.8, 4) is 0 Å². The molecule has 9 heteroatoms. The van der Waals surface area contributed by atoms with Gasteiger partial charge in [0, 0.05) is 4.88 Å². The van der Waals surface area contributed by atoms with Gasteiger partial charge in [0.2, 0.25) is 5.91 Å². The molecule has 0 radical (unpaired) electrons. The Bertz CT molecular complexity index is 895. The van der Waals surface area contributed by atoms with E-state index in [1.165, 1.54) is 18.4 Å². The molecule has 2 fully saturated rings. The largest absolute Gasteiger partial charge is 0.465 e. The number of rotatable bonds is 4. The number of aryl methyl sites for hydroxylation is 1. The normalized spacial score (nSPS) is 25.9. The lowest BCUT2D eigenvalue weighted by Gasteiger charge is -2.36. The van der Waals surface area contributed by atoms with Gasteiger partial charge in [0.25, 0.3) is 5.91 Å². The van der Waals surface area contributed by atoms with Crippen LogP contribution >= 0.6 is 11.3 Å². The summed E-state index contributed by atoms with van der Waals surface area (Å²) in [6, 6.07) is -0.527. The number of urea groups is 1. The highest BCUT2D eigenvalue weighted by Crippen LogP contribution is 2.40. The van der Waals surface area contributed by atoms with Crippen LogP contribution in [0.4, 0.5) is 9.80 Å². The molecule has 1 aromatic rings. The number of carbonyl (C=O) groups is 4. The van der Waals surface area contributed by atoms with Crippen LogP contribution in [0.1, 0.15) is 59.8 Å². The molecule has 0 unspecified atom stereocenters. The number of nitrogens with one attached hydrogen (secondary N) is 2. The molecule has 0 aromatic carbocycles. The third-order valence-corrected chi connectivity index (χ3v) is 7.57. The zero-order valence-corrected chi connectivity index (χ0v) is 17.4. The number of hydrogen-bond donors (Lipinski definition) is 2. The Morgan fingerprint density at radius 3 is 2.79 bits per heavy atom. The first-order chi connectivity index (χ1) is 13.9. The zero-order valence-electron chi connectivity index (χ0n) is 16.6. The standard InChI is InChI=1S/C20H25N3O5S/c1-11-6-3-4-9-20(11)18(26)23(19(27)22-20)10-14(24)21-16-15(17(25)28-2)12-7-5-8-13(12)29-16/h11H,3-10H2,1-2H3,(H,21,24)(H,22,27)/t11-,20-/m1/s1. The number of imide groups is 1. The van der Waals surface area contributed by atoms with Gasteiger partial charge in [0.1, 0.15) is 17.1 Å². The van der Waals surface area contributed by atoms with E-state index in [1.807, 2.05) is 6.92 Å². The molecule has 29 heavy (non-hydrogen) atoms. The smallest absolute Gasteiger partial charge is 0.341 e. The van der Waals surface area contributed by atoms with Crippen molar-refractivity contribution in [1.29, 1.82) is 0 Å². The third kappa shape index (κ3) is 3.21. The predicted molar refractivity (Wildman–Crippen MR) is 107 cm³/mol. The van der Waals surface area contributed by atoms with Crippen LogP contribution in [-0.2, 0) is 27.2 Å². The highest BCUT2D eigenvalue weighted by Gasteiger charge is 2.55. The Morgan fingerprint density at radius 1 is 1.28 bits per heavy atom. The molecule has 2 N–H and O–H groups in total. The SMILES string of the molecule is COC(=O)c1c(NC(=O)CN2C(=O)N[C@@]3(CCCC[C@H]3C)C2=O)sc2c1CCC2. The minimum absolute atomic E-state index is 0.0342. The van der Waals surface area contributed by atoms with Crippen LogP contribution in [-0.4, -0.2) is 47.9 Å². The molecule has 2 aliphatic carbocycles. The molecule has 1 saturated heterocycles. The number of esters is 1. The van der Waals surface area contributed by atoms with Crippen molar-refractivity contribution >= 4 is 40.2 Å². The maximum Gasteiger partial charge on any atom is 0.341 e. The summed E-state index contributed by atoms with van der Waals surface area (Å²) in [5.41, 5.74) is 0.437. The van der Waals surface area contributed by atoms with Gasteiger partial charge in [-0.1, -0.05) is 19.8 Å². The number of hydrogen-bond acceptors (Lipinski definition) is 6. The van der Waals surface area contributed by atoms with Crippen molar-refractivity contribution in [3.05, 3.63) is 16.0 Å². The summed E-state index contributed by atoms with van der Waals surface area (Å²) >= 11 is 1.37. The van der Waals surface area contributed by atoms with Crippen molar-refractivity contribution in [2.24, 2.45) is 5.92 Å². The number of anilines is 1. The molecule has 4 amide bonds. The van der Waals surface area contributed by atoms with Crippen molar-refractivity contribution < 1.29 is 23.9 Å². The molecular weight excluding hydrogens is 394 g/mol. The summed E-state index contributed by atoms with van der Waals surface area (Å²) in [4.78, 5) is 52.5. The fraction of sp³-hybridized carbons (Fsp3) is 0.600. The minimum atomic E-state index is -0.892. The molecule has 2 atom stereocenters. The summed E-state index contributed by atoms with van der Waals surface area (Å²) in [5, 5.41) is 6.00. The number of carbonyl (C=O) groups excluding carboxylic acids is 4. The Labute approximate surface area is 173 Å². The van der Waals surface area contributed by atoms with Gasteiger partial charge in [0.05, 0.1) is 12.7 Å². The molecule has 1 saturated carbocycles. The number of amides is 4. The highest BCUT2D eigenvalue weighted by atomic mass is 32.1. The summed E-state index contributed by atoms with van der Waals surface area (Å²) in [5.74, 6) is -1.28. The van der Waals surface area contributed by atoms with Gasteiger partial charge in [-0.05, 0) is 43.6 Å². The van der Waals surface area contributed by atoms with E-state index < -0.39 is 23.4 Å². The molecule has 3 aliphatic rings. The van der Waals surface area contributed by atoms with Crippen LogP contribution in [0.15, 0.2) is 0 Å². The van der Waals surface area contributed by atoms with Crippen molar-refractivity contribution in [1.82, 2.24) is 10.2 Å². The van der Waals surface area contributed by atoms with Crippen molar-refractivity contribution in [2.75, 3.05) is 19.0 Å². The number of methoxy groups -OCH3 is 1. The number of ether oxygens (including phenoxy) is 1. The summed E-state index contributed by atoms with van der Waals surface area (Å²) in [6.45, 7) is 1.60. The van der Waals surface area contributed by atoms with Gasteiger partial charge in [-0.15, -0.1) is 11.3 Å². The van der Waals surface area contributed by atoms with Crippen LogP contribution in [0.2, 0.25) is 0 Å². The van der Waals surface area contributed by atoms with Crippen LogP contribution in [0, 0.1) is 5.92 Å². The van der Waals surface area contributed by atoms with Crippen LogP contribution in [0.3, 0.4) is 0 Å². The van der Waals surface area contributed by atoms with Gasteiger partial charge in [-0.2, -0.15) is 0 Å². The number of fused-ring (bicyclic) bond motifs is 1. The molecule has 1 aliphatic heterocycles. The van der Waals surface area contributed by atoms with Gasteiger partial charge < -0.3 is 15.4 Å². The van der Waals surface area contributed by atoms with Crippen LogP contribution in [0.5, 0.6) is 0 Å². The Morgan fingerprint density at radius 2 is 2.07 bits per heavy atom. The fourth-order valence-electron chi connectivity index (χ4n) is 4.76. The van der Waals surface area contributed by atoms with Gasteiger partial charge in [-0.3, -0.25) is 14.5 Å². The van der Waals surface area contributed by atoms with E-state index in [0.29, 0.717) is 17.0 Å². The van der Waals surface area contributed by atoms with Crippen molar-refractivity contribution in [3.63, 3.8) is 0 Å². The van der Waals surface area contributed by atoms with E-state index in [0.717, 1.165) is 53.9 Å². The lowest BCUT2D eigenvalue weighted by molar-refractivity contribution is -0.136. The minimum Gasteiger partial charge on any atom is -0.465 e. The summed E-state index contributed by atoms with van der Waals surface area (Å²) in [7, 11) is 1.31. The first kappa shape index (κ1) is 19.9. The molecule has 1 spiro atoms. The van der Waals surface area contributed by atoms with E-state index in [9.17, 15) is 19.2 Å². The average molecular weight is 420 g/mol. The van der Waals surface area contributed by atoms with Gasteiger partial charge >= 0.3 is 12.0 Å². The Kier molecular flexibility index (Phi) is 5.10. The number of thiophene rings is 1. The van der Waals surface area contributed by atoms with Crippen LogP contribution < -0.4 is 10.6 Å². The monoisotopic (exact) mass is 419 g/mol. The highest BCUT2D eigenvalue weighted by molar-refractivity contribution is 7.17. The van der Waals surface area contributed by atoms with Crippen molar-refractivity contribution in [2.45, 2.75) is 57.4 Å². The lowest BCUT2D eigenvalue weighted by Crippen LogP contribution is -2.54. The lowest BCUT2D eigenvalue weighted by atomic mass is 9.73. The molecule has 2 heterocycles. The first-order valence-corrected chi connectivity index (χ1v) is 10.9. The van der Waals surface area contributed by atoms with E-state index in [1.54, 1.807) is 0 Å². The Balaban J connectivity index is 1.50. The second kappa shape index (κ2) is 7.44. The van der Waals surface area contributed by atoms with Crippen LogP contribution in [0.25, 0.3) is 0 Å². The molecule has 8 nitrogen and oxygen atoms in total. The third-order valence-electron chi connectivity index (χ3n) is 6.37. The maximum absolute atomic E-state index is 13.0. The second-order valence-corrected chi connectivity index (χ2v) is 9.15. The average Bonchev–Trinajstić information content (AvgIpc) is 3.33. The molecular formula is C20H25N3O5S. The Hall–Kier alpha value is -2.42. The van der Waals surface area contributed by atoms with E-state index in [4.69, 9.17) is 4.74 Å². The first-order valence-electron chi connectivity index (χ1n) is 10.0. The molecule has 156 valence electrons. The van der Waals surface area contributed by atoms with Gasteiger partial charge in [-0.25, -0.2) is 9.59 Å². The second-order valence-electron chi connectivity index (χ2n) is 8.04.